The average molecular weight is 301 g/mol. The van der Waals surface area contributed by atoms with Gasteiger partial charge >= 0.3 is 12.1 Å². The quantitative estimate of drug-likeness (QED) is 0.878. The third-order valence-electron chi connectivity index (χ3n) is 2.10. The number of nitrogens with zero attached hydrogens (tertiary/aromatic N) is 3. The summed E-state index contributed by atoms with van der Waals surface area (Å²) in [6, 6.07) is 3.27. The lowest BCUT2D eigenvalue weighted by atomic mass is 10.3. The minimum absolute atomic E-state index is 0.0190. The van der Waals surface area contributed by atoms with Crippen molar-refractivity contribution < 1.29 is 23.1 Å². The Hall–Kier alpha value is -2.16. The smallest absolute Gasteiger partial charge is 0.433 e. The van der Waals surface area contributed by atoms with Gasteiger partial charge in [0.25, 0.3) is 0 Å². The van der Waals surface area contributed by atoms with Crippen molar-refractivity contribution in [1.82, 2.24) is 15.0 Å². The summed E-state index contributed by atoms with van der Waals surface area (Å²) in [6.45, 7) is 0. The molecule has 104 valence electrons. The molecule has 0 aliphatic rings. The molecule has 20 heavy (non-hydrogen) atoms. The van der Waals surface area contributed by atoms with Crippen LogP contribution in [0.1, 0.15) is 16.1 Å². The lowest BCUT2D eigenvalue weighted by Gasteiger charge is -2.06. The molecule has 0 bridgehead atoms. The zero-order chi connectivity index (χ0) is 14.8. The Labute approximate surface area is 114 Å². The number of carboxylic acid groups (broad SMARTS) is 1. The number of hydrogen-bond donors (Lipinski definition) is 1. The molecule has 2 aromatic rings. The molecule has 0 aromatic carbocycles. The lowest BCUT2D eigenvalue weighted by molar-refractivity contribution is -0.141. The number of halogens is 3. The predicted molar refractivity (Wildman–Crippen MR) is 62.4 cm³/mol. The summed E-state index contributed by atoms with van der Waals surface area (Å²) < 4.78 is 37.5. The molecule has 0 unspecified atom stereocenters. The van der Waals surface area contributed by atoms with Gasteiger partial charge in [-0.2, -0.15) is 13.2 Å². The van der Waals surface area contributed by atoms with E-state index in [0.29, 0.717) is 0 Å². The molecule has 0 aliphatic heterocycles. The van der Waals surface area contributed by atoms with Gasteiger partial charge < -0.3 is 5.11 Å². The summed E-state index contributed by atoms with van der Waals surface area (Å²) in [6.07, 6.45) is -2.33. The average Bonchev–Trinajstić information content (AvgIpc) is 2.38. The summed E-state index contributed by atoms with van der Waals surface area (Å²) in [5, 5.41) is 8.85. The molecule has 0 spiro atoms. The van der Waals surface area contributed by atoms with E-state index in [2.05, 4.69) is 15.0 Å². The van der Waals surface area contributed by atoms with Gasteiger partial charge in [-0.15, -0.1) is 0 Å². The van der Waals surface area contributed by atoms with Crippen molar-refractivity contribution in [2.75, 3.05) is 0 Å². The summed E-state index contributed by atoms with van der Waals surface area (Å²) in [7, 11) is 0. The van der Waals surface area contributed by atoms with Crippen molar-refractivity contribution in [3.8, 4) is 0 Å². The number of pyridine rings is 1. The Morgan fingerprint density at radius 1 is 1.20 bits per heavy atom. The van der Waals surface area contributed by atoms with Crippen LogP contribution in [-0.2, 0) is 6.18 Å². The number of aromatic nitrogens is 3. The standard InChI is InChI=1S/C11H6F3N3O2S/c12-11(13,14)7-2-4-16-10(17-7)20-8-5-6(9(18)19)1-3-15-8/h1-5H,(H,18,19). The summed E-state index contributed by atoms with van der Waals surface area (Å²) in [5.41, 5.74) is -1.08. The zero-order valence-corrected chi connectivity index (χ0v) is 10.4. The van der Waals surface area contributed by atoms with E-state index in [-0.39, 0.29) is 15.7 Å². The maximum Gasteiger partial charge on any atom is 0.433 e. The monoisotopic (exact) mass is 301 g/mol. The van der Waals surface area contributed by atoms with Gasteiger partial charge in [-0.25, -0.2) is 19.7 Å². The van der Waals surface area contributed by atoms with E-state index in [4.69, 9.17) is 5.11 Å². The Kier molecular flexibility index (Phi) is 3.89. The van der Waals surface area contributed by atoms with Crippen LogP contribution in [0.2, 0.25) is 0 Å². The fourth-order valence-corrected chi connectivity index (χ4v) is 1.98. The maximum atomic E-state index is 12.5. The molecule has 9 heteroatoms. The van der Waals surface area contributed by atoms with Crippen LogP contribution in [0.3, 0.4) is 0 Å². The van der Waals surface area contributed by atoms with Gasteiger partial charge in [0.05, 0.1) is 5.56 Å². The Bertz CT molecular complexity index is 649. The topological polar surface area (TPSA) is 76.0 Å². The normalized spacial score (nSPS) is 11.3. The molecule has 0 atom stereocenters. The summed E-state index contributed by atoms with van der Waals surface area (Å²) >= 11 is 0.753. The highest BCUT2D eigenvalue weighted by Gasteiger charge is 2.32. The van der Waals surface area contributed by atoms with Crippen molar-refractivity contribution in [3.63, 3.8) is 0 Å². The maximum absolute atomic E-state index is 12.5. The van der Waals surface area contributed by atoms with Crippen molar-refractivity contribution in [1.29, 1.82) is 0 Å². The SMILES string of the molecule is O=C(O)c1ccnc(Sc2nccc(C(F)(F)F)n2)c1. The third-order valence-corrected chi connectivity index (χ3v) is 2.91. The molecule has 2 rings (SSSR count). The Morgan fingerprint density at radius 2 is 1.90 bits per heavy atom. The minimum Gasteiger partial charge on any atom is -0.478 e. The minimum atomic E-state index is -4.56. The van der Waals surface area contributed by atoms with E-state index < -0.39 is 17.8 Å². The summed E-state index contributed by atoms with van der Waals surface area (Å²) in [4.78, 5) is 21.7. The lowest BCUT2D eigenvalue weighted by Crippen LogP contribution is -2.08. The van der Waals surface area contributed by atoms with Crippen LogP contribution in [-0.4, -0.2) is 26.0 Å². The first-order chi connectivity index (χ1) is 9.36. The molecule has 0 aliphatic carbocycles. The molecule has 0 saturated heterocycles. The first-order valence-corrected chi connectivity index (χ1v) is 5.95. The molecule has 1 N–H and O–H groups in total. The molecular weight excluding hydrogens is 295 g/mol. The van der Waals surface area contributed by atoms with Gasteiger partial charge in [-0.1, -0.05) is 0 Å². The van der Waals surface area contributed by atoms with Crippen LogP contribution in [0.25, 0.3) is 0 Å². The largest absolute Gasteiger partial charge is 0.478 e. The number of carbonyl (C=O) groups is 1. The van der Waals surface area contributed by atoms with E-state index in [1.165, 1.54) is 18.3 Å². The van der Waals surface area contributed by atoms with Crippen LogP contribution < -0.4 is 0 Å². The van der Waals surface area contributed by atoms with Gasteiger partial charge in [0.1, 0.15) is 10.7 Å². The first-order valence-electron chi connectivity index (χ1n) is 5.14. The van der Waals surface area contributed by atoms with Gasteiger partial charge in [0, 0.05) is 12.4 Å². The summed E-state index contributed by atoms with van der Waals surface area (Å²) in [5.74, 6) is -1.15. The fourth-order valence-electron chi connectivity index (χ4n) is 1.24. The Morgan fingerprint density at radius 3 is 2.55 bits per heavy atom. The number of alkyl halides is 3. The Balaban J connectivity index is 2.26. The van der Waals surface area contributed by atoms with Crippen molar-refractivity contribution in [3.05, 3.63) is 41.9 Å². The van der Waals surface area contributed by atoms with Crippen LogP contribution >= 0.6 is 11.8 Å². The zero-order valence-electron chi connectivity index (χ0n) is 9.63. The second-order valence-electron chi connectivity index (χ2n) is 3.51. The molecule has 0 saturated carbocycles. The van der Waals surface area contributed by atoms with Gasteiger partial charge in [-0.3, -0.25) is 0 Å². The number of hydrogen-bond acceptors (Lipinski definition) is 5. The molecule has 2 heterocycles. The molecule has 2 aromatic heterocycles. The molecule has 0 radical (unpaired) electrons. The number of aromatic carboxylic acids is 1. The van der Waals surface area contributed by atoms with Crippen LogP contribution in [0, 0.1) is 0 Å². The van der Waals surface area contributed by atoms with E-state index in [9.17, 15) is 18.0 Å². The van der Waals surface area contributed by atoms with E-state index >= 15 is 0 Å². The highest BCUT2D eigenvalue weighted by atomic mass is 32.2. The van der Waals surface area contributed by atoms with Gasteiger partial charge in [0.2, 0.25) is 0 Å². The highest BCUT2D eigenvalue weighted by Crippen LogP contribution is 2.30. The van der Waals surface area contributed by atoms with E-state index in [1.54, 1.807) is 0 Å². The van der Waals surface area contributed by atoms with Crippen LogP contribution in [0.15, 0.2) is 40.8 Å². The third kappa shape index (κ3) is 3.44. The van der Waals surface area contributed by atoms with Crippen molar-refractivity contribution in [2.24, 2.45) is 0 Å². The fraction of sp³-hybridized carbons (Fsp3) is 0.0909. The van der Waals surface area contributed by atoms with E-state index in [1.807, 2.05) is 0 Å². The predicted octanol–water partition coefficient (Wildman–Crippen LogP) is 2.74. The molecule has 0 fully saturated rings. The highest BCUT2D eigenvalue weighted by molar-refractivity contribution is 7.99. The molecule has 0 amide bonds. The second-order valence-corrected chi connectivity index (χ2v) is 4.50. The second kappa shape index (κ2) is 5.45. The van der Waals surface area contributed by atoms with Crippen molar-refractivity contribution in [2.45, 2.75) is 16.4 Å². The molecule has 5 nitrogen and oxygen atoms in total. The van der Waals surface area contributed by atoms with Crippen LogP contribution in [0.5, 0.6) is 0 Å². The van der Waals surface area contributed by atoms with Gasteiger partial charge in [-0.05, 0) is 30.0 Å². The van der Waals surface area contributed by atoms with Crippen molar-refractivity contribution >= 4 is 17.7 Å². The van der Waals surface area contributed by atoms with Gasteiger partial charge in [0.15, 0.2) is 5.16 Å². The number of rotatable bonds is 3. The van der Waals surface area contributed by atoms with Crippen LogP contribution in [0.4, 0.5) is 13.2 Å². The number of carboxylic acids is 1. The van der Waals surface area contributed by atoms with E-state index in [0.717, 1.165) is 24.0 Å². The molecular formula is C11H6F3N3O2S. The first kappa shape index (κ1) is 14.3.